The molecular weight excluding hydrogens is 342 g/mol. The molecule has 0 atom stereocenters. The quantitative estimate of drug-likeness (QED) is 0.621. The van der Waals surface area contributed by atoms with Crippen molar-refractivity contribution in [1.29, 1.82) is 0 Å². The molecular formula is C21H31N3O3. The maximum Gasteiger partial charge on any atom is 0.239 e. The van der Waals surface area contributed by atoms with E-state index in [4.69, 9.17) is 0 Å². The average molecular weight is 373 g/mol. The topological polar surface area (TPSA) is 87.3 Å². The minimum atomic E-state index is -0.215. The molecule has 3 N–H and O–H groups in total. The summed E-state index contributed by atoms with van der Waals surface area (Å²) in [5.41, 5.74) is 1.62. The lowest BCUT2D eigenvalue weighted by molar-refractivity contribution is -0.126. The minimum absolute atomic E-state index is 0.00151. The number of hydrogen-bond acceptors (Lipinski definition) is 3. The summed E-state index contributed by atoms with van der Waals surface area (Å²) in [4.78, 5) is 35.6. The van der Waals surface area contributed by atoms with Crippen LogP contribution in [0, 0.1) is 5.92 Å². The van der Waals surface area contributed by atoms with Gasteiger partial charge in [-0.25, -0.2) is 0 Å². The van der Waals surface area contributed by atoms with Crippen LogP contribution in [-0.2, 0) is 20.9 Å². The van der Waals surface area contributed by atoms with Gasteiger partial charge in [-0.1, -0.05) is 38.3 Å². The van der Waals surface area contributed by atoms with Crippen molar-refractivity contribution in [3.63, 3.8) is 0 Å². The number of hydrogen-bond donors (Lipinski definition) is 3. The molecule has 0 aromatic heterocycles. The predicted molar refractivity (Wildman–Crippen MR) is 106 cm³/mol. The third-order valence-electron chi connectivity index (χ3n) is 4.82. The Morgan fingerprint density at radius 2 is 1.78 bits per heavy atom. The van der Waals surface area contributed by atoms with E-state index in [1.165, 1.54) is 19.3 Å². The van der Waals surface area contributed by atoms with Gasteiger partial charge in [0, 0.05) is 25.1 Å². The van der Waals surface area contributed by atoms with Crippen LogP contribution in [0.25, 0.3) is 0 Å². The number of rotatable bonds is 9. The molecule has 148 valence electrons. The van der Waals surface area contributed by atoms with E-state index >= 15 is 0 Å². The van der Waals surface area contributed by atoms with Gasteiger partial charge < -0.3 is 16.0 Å². The second-order valence-electron chi connectivity index (χ2n) is 7.26. The van der Waals surface area contributed by atoms with Crippen molar-refractivity contribution in [1.82, 2.24) is 10.6 Å². The van der Waals surface area contributed by atoms with E-state index in [-0.39, 0.29) is 24.3 Å². The Morgan fingerprint density at radius 3 is 2.52 bits per heavy atom. The first-order chi connectivity index (χ1) is 13.1. The smallest absolute Gasteiger partial charge is 0.239 e. The zero-order valence-electron chi connectivity index (χ0n) is 16.2. The van der Waals surface area contributed by atoms with E-state index in [0.717, 1.165) is 30.5 Å². The molecule has 6 nitrogen and oxygen atoms in total. The van der Waals surface area contributed by atoms with Gasteiger partial charge in [0.05, 0.1) is 6.54 Å². The van der Waals surface area contributed by atoms with Gasteiger partial charge in [0.25, 0.3) is 0 Å². The number of carbonyl (C=O) groups is 3. The van der Waals surface area contributed by atoms with Crippen molar-refractivity contribution in [2.75, 3.05) is 11.9 Å². The summed E-state index contributed by atoms with van der Waals surface area (Å²) in [6.45, 7) is 2.31. The first-order valence-electron chi connectivity index (χ1n) is 9.99. The molecule has 0 unspecified atom stereocenters. The first kappa shape index (κ1) is 20.9. The van der Waals surface area contributed by atoms with Crippen LogP contribution < -0.4 is 16.0 Å². The lowest BCUT2D eigenvalue weighted by Crippen LogP contribution is -2.37. The Bertz CT molecular complexity index is 639. The molecule has 1 fully saturated rings. The van der Waals surface area contributed by atoms with E-state index in [9.17, 15) is 14.4 Å². The van der Waals surface area contributed by atoms with Crippen molar-refractivity contribution < 1.29 is 14.4 Å². The summed E-state index contributed by atoms with van der Waals surface area (Å²) in [6, 6.07) is 7.40. The van der Waals surface area contributed by atoms with Gasteiger partial charge in [0.1, 0.15) is 0 Å². The summed E-state index contributed by atoms with van der Waals surface area (Å²) in [6.07, 6.45) is 7.72. The summed E-state index contributed by atoms with van der Waals surface area (Å²) in [5, 5.41) is 8.35. The highest BCUT2D eigenvalue weighted by atomic mass is 16.2. The van der Waals surface area contributed by atoms with Crippen LogP contribution in [0.2, 0.25) is 0 Å². The van der Waals surface area contributed by atoms with Crippen LogP contribution in [0.5, 0.6) is 0 Å². The highest BCUT2D eigenvalue weighted by molar-refractivity contribution is 5.90. The number of carbonyl (C=O) groups excluding carboxylic acids is 3. The van der Waals surface area contributed by atoms with Crippen LogP contribution in [-0.4, -0.2) is 24.3 Å². The normalized spacial score (nSPS) is 14.4. The monoisotopic (exact) mass is 373 g/mol. The van der Waals surface area contributed by atoms with Gasteiger partial charge in [-0.05, 0) is 42.9 Å². The Kier molecular flexibility index (Phi) is 8.81. The van der Waals surface area contributed by atoms with E-state index in [1.54, 1.807) is 0 Å². The van der Waals surface area contributed by atoms with Crippen molar-refractivity contribution >= 4 is 23.4 Å². The van der Waals surface area contributed by atoms with E-state index < -0.39 is 0 Å². The predicted octanol–water partition coefficient (Wildman–Crippen LogP) is 3.13. The van der Waals surface area contributed by atoms with Crippen LogP contribution in [0.1, 0.15) is 63.9 Å². The zero-order valence-corrected chi connectivity index (χ0v) is 16.2. The van der Waals surface area contributed by atoms with E-state index in [1.807, 2.05) is 31.2 Å². The number of anilines is 1. The molecule has 0 radical (unpaired) electrons. The lowest BCUT2D eigenvalue weighted by Gasteiger charge is -2.20. The second kappa shape index (κ2) is 11.4. The summed E-state index contributed by atoms with van der Waals surface area (Å²) in [7, 11) is 0. The summed E-state index contributed by atoms with van der Waals surface area (Å²) in [5.74, 6) is 0.192. The highest BCUT2D eigenvalue weighted by Crippen LogP contribution is 2.25. The Balaban J connectivity index is 1.68. The number of amides is 3. The molecule has 1 aliphatic rings. The number of nitrogens with one attached hydrogen (secondary N) is 3. The molecule has 6 heteroatoms. The van der Waals surface area contributed by atoms with Gasteiger partial charge >= 0.3 is 0 Å². The van der Waals surface area contributed by atoms with E-state index in [0.29, 0.717) is 25.3 Å². The van der Waals surface area contributed by atoms with Crippen LogP contribution >= 0.6 is 0 Å². The Hall–Kier alpha value is -2.37. The van der Waals surface area contributed by atoms with Gasteiger partial charge in [0.15, 0.2) is 0 Å². The molecule has 1 aromatic carbocycles. The van der Waals surface area contributed by atoms with Crippen molar-refractivity contribution in [3.05, 3.63) is 29.8 Å². The maximum absolute atomic E-state index is 12.0. The van der Waals surface area contributed by atoms with Gasteiger partial charge in [-0.2, -0.15) is 0 Å². The molecule has 27 heavy (non-hydrogen) atoms. The Labute approximate surface area is 161 Å². The van der Waals surface area contributed by atoms with Gasteiger partial charge in [-0.15, -0.1) is 0 Å². The summed E-state index contributed by atoms with van der Waals surface area (Å²) < 4.78 is 0. The molecule has 0 bridgehead atoms. The molecule has 0 saturated heterocycles. The SMILES string of the molecule is CCCC(=O)Nc1cccc(CNC(=O)CNC(=O)CC2CCCCC2)c1. The van der Waals surface area contributed by atoms with Crippen LogP contribution in [0.15, 0.2) is 24.3 Å². The molecule has 0 aliphatic heterocycles. The fourth-order valence-electron chi connectivity index (χ4n) is 3.38. The molecule has 1 aromatic rings. The Morgan fingerprint density at radius 1 is 1.00 bits per heavy atom. The van der Waals surface area contributed by atoms with Crippen molar-refractivity contribution in [2.45, 2.75) is 64.8 Å². The maximum atomic E-state index is 12.0. The van der Waals surface area contributed by atoms with Gasteiger partial charge in [0.2, 0.25) is 17.7 Å². The van der Waals surface area contributed by atoms with Crippen LogP contribution in [0.4, 0.5) is 5.69 Å². The molecule has 0 heterocycles. The van der Waals surface area contributed by atoms with Crippen LogP contribution in [0.3, 0.4) is 0 Å². The summed E-state index contributed by atoms with van der Waals surface area (Å²) >= 11 is 0. The van der Waals surface area contributed by atoms with E-state index in [2.05, 4.69) is 16.0 Å². The lowest BCUT2D eigenvalue weighted by atomic mass is 9.87. The fourth-order valence-corrected chi connectivity index (χ4v) is 3.38. The molecule has 0 spiro atoms. The fraction of sp³-hybridized carbons (Fsp3) is 0.571. The van der Waals surface area contributed by atoms with Gasteiger partial charge in [-0.3, -0.25) is 14.4 Å². The third-order valence-corrected chi connectivity index (χ3v) is 4.82. The minimum Gasteiger partial charge on any atom is -0.350 e. The molecule has 2 rings (SSSR count). The molecule has 3 amide bonds. The van der Waals surface area contributed by atoms with Crippen molar-refractivity contribution in [2.24, 2.45) is 5.92 Å². The zero-order chi connectivity index (χ0) is 19.5. The molecule has 1 aliphatic carbocycles. The largest absolute Gasteiger partial charge is 0.350 e. The standard InChI is InChI=1S/C21H31N3O3/c1-2-7-19(25)24-18-11-6-10-17(12-18)14-22-21(27)15-23-20(26)13-16-8-4-3-5-9-16/h6,10-12,16H,2-5,7-9,13-15H2,1H3,(H,22,27)(H,23,26)(H,24,25). The number of benzene rings is 1. The third kappa shape index (κ3) is 8.24. The van der Waals surface area contributed by atoms with Crippen molar-refractivity contribution in [3.8, 4) is 0 Å². The first-order valence-corrected chi connectivity index (χ1v) is 9.99. The highest BCUT2D eigenvalue weighted by Gasteiger charge is 2.17. The second-order valence-corrected chi connectivity index (χ2v) is 7.26. The molecule has 1 saturated carbocycles. The average Bonchev–Trinajstić information content (AvgIpc) is 2.66.